The number of aryl methyl sites for hydroxylation is 1. The molecule has 0 saturated carbocycles. The lowest BCUT2D eigenvalue weighted by molar-refractivity contribution is 0.0698. The number of hydrogen-bond acceptors (Lipinski definition) is 5. The van der Waals surface area contributed by atoms with Crippen LogP contribution in [0.4, 0.5) is 5.69 Å². The first-order valence-electron chi connectivity index (χ1n) is 10.2. The number of amides is 1. The second-order valence-electron chi connectivity index (χ2n) is 8.18. The Morgan fingerprint density at radius 3 is 2.27 bits per heavy atom. The van der Waals surface area contributed by atoms with Crippen molar-refractivity contribution in [2.24, 2.45) is 0 Å². The average molecular weight is 434 g/mol. The van der Waals surface area contributed by atoms with E-state index in [1.54, 1.807) is 29.5 Å². The Morgan fingerprint density at radius 1 is 1.10 bits per heavy atom. The zero-order valence-electron chi connectivity index (χ0n) is 18.6. The van der Waals surface area contributed by atoms with Gasteiger partial charge in [-0.05, 0) is 45.9 Å². The number of rotatable bonds is 5. The average Bonchev–Trinajstić information content (AvgIpc) is 3.02. The van der Waals surface area contributed by atoms with Gasteiger partial charge in [0.25, 0.3) is 5.91 Å². The molecule has 0 spiro atoms. The van der Waals surface area contributed by atoms with E-state index in [1.165, 1.54) is 4.31 Å². The van der Waals surface area contributed by atoms with Crippen LogP contribution < -0.4 is 4.90 Å². The predicted octanol–water partition coefficient (Wildman–Crippen LogP) is 2.29. The summed E-state index contributed by atoms with van der Waals surface area (Å²) in [5.41, 5.74) is 2.74. The highest BCUT2D eigenvalue weighted by molar-refractivity contribution is 7.89. The van der Waals surface area contributed by atoms with Gasteiger partial charge in [-0.3, -0.25) is 9.48 Å². The zero-order chi connectivity index (χ0) is 22.2. The fourth-order valence-corrected chi connectivity index (χ4v) is 5.67. The lowest BCUT2D eigenvalue weighted by atomic mass is 10.1. The quantitative estimate of drug-likeness (QED) is 0.723. The van der Waals surface area contributed by atoms with E-state index in [1.807, 2.05) is 51.0 Å². The summed E-state index contributed by atoms with van der Waals surface area (Å²) < 4.78 is 29.8. The van der Waals surface area contributed by atoms with Gasteiger partial charge in [0, 0.05) is 57.6 Å². The number of carbonyl (C=O) groups is 1. The van der Waals surface area contributed by atoms with Crippen molar-refractivity contribution in [3.63, 3.8) is 0 Å². The molecule has 164 valence electrons. The van der Waals surface area contributed by atoms with Gasteiger partial charge in [-0.15, -0.1) is 0 Å². The van der Waals surface area contributed by atoms with E-state index in [0.29, 0.717) is 30.0 Å². The lowest BCUT2D eigenvalue weighted by Crippen LogP contribution is -2.50. The van der Waals surface area contributed by atoms with Crippen molar-refractivity contribution in [1.82, 2.24) is 19.0 Å². The molecular weight excluding hydrogens is 402 g/mol. The molecule has 9 heteroatoms. The SMILES string of the molecule is Cc1nn(C(C)C)c(C)c1S(=O)(=O)N1CCN(C(=O)c2cccc(N(C)C)c2)CC1. The van der Waals surface area contributed by atoms with Gasteiger partial charge in [0.15, 0.2) is 0 Å². The monoisotopic (exact) mass is 433 g/mol. The Hall–Kier alpha value is -2.39. The first-order valence-corrected chi connectivity index (χ1v) is 11.6. The van der Waals surface area contributed by atoms with Gasteiger partial charge in [0.1, 0.15) is 4.90 Å². The predicted molar refractivity (Wildman–Crippen MR) is 118 cm³/mol. The highest BCUT2D eigenvalue weighted by Gasteiger charge is 2.34. The van der Waals surface area contributed by atoms with E-state index >= 15 is 0 Å². The molecule has 1 aromatic carbocycles. The first-order chi connectivity index (χ1) is 14.0. The van der Waals surface area contributed by atoms with Gasteiger partial charge < -0.3 is 9.80 Å². The minimum absolute atomic E-state index is 0.0734. The van der Waals surface area contributed by atoms with Crippen LogP contribution in [0, 0.1) is 13.8 Å². The third kappa shape index (κ3) is 4.09. The second-order valence-corrected chi connectivity index (χ2v) is 10.1. The van der Waals surface area contributed by atoms with Crippen molar-refractivity contribution in [2.75, 3.05) is 45.2 Å². The summed E-state index contributed by atoms with van der Waals surface area (Å²) in [6, 6.07) is 7.55. The lowest BCUT2D eigenvalue weighted by Gasteiger charge is -2.34. The van der Waals surface area contributed by atoms with Crippen LogP contribution in [0.1, 0.15) is 41.6 Å². The molecule has 3 rings (SSSR count). The number of anilines is 1. The second kappa shape index (κ2) is 8.39. The number of aromatic nitrogens is 2. The number of piperazine rings is 1. The molecule has 0 unspecified atom stereocenters. The van der Waals surface area contributed by atoms with E-state index in [9.17, 15) is 13.2 Å². The summed E-state index contributed by atoms with van der Waals surface area (Å²) >= 11 is 0. The van der Waals surface area contributed by atoms with Gasteiger partial charge >= 0.3 is 0 Å². The highest BCUT2D eigenvalue weighted by Crippen LogP contribution is 2.26. The van der Waals surface area contributed by atoms with Gasteiger partial charge in [-0.1, -0.05) is 6.07 Å². The first kappa shape index (κ1) is 22.3. The van der Waals surface area contributed by atoms with Crippen LogP contribution in [0.2, 0.25) is 0 Å². The number of sulfonamides is 1. The molecule has 1 fully saturated rings. The molecule has 1 aliphatic heterocycles. The molecule has 1 saturated heterocycles. The highest BCUT2D eigenvalue weighted by atomic mass is 32.2. The summed E-state index contributed by atoms with van der Waals surface area (Å²) in [4.78, 5) is 16.9. The summed E-state index contributed by atoms with van der Waals surface area (Å²) in [6.45, 7) is 8.75. The normalized spacial score (nSPS) is 15.6. The molecule has 1 amide bonds. The largest absolute Gasteiger partial charge is 0.378 e. The van der Waals surface area contributed by atoms with Crippen LogP contribution in [0.15, 0.2) is 29.2 Å². The number of hydrogen-bond donors (Lipinski definition) is 0. The van der Waals surface area contributed by atoms with Crippen LogP contribution in [-0.4, -0.2) is 73.6 Å². The van der Waals surface area contributed by atoms with E-state index < -0.39 is 10.0 Å². The Kier molecular flexibility index (Phi) is 6.24. The molecule has 1 aromatic heterocycles. The molecule has 2 heterocycles. The number of nitrogens with zero attached hydrogens (tertiary/aromatic N) is 5. The minimum atomic E-state index is -3.66. The summed E-state index contributed by atoms with van der Waals surface area (Å²) in [6.07, 6.45) is 0. The van der Waals surface area contributed by atoms with Gasteiger partial charge in [0.05, 0.1) is 11.4 Å². The molecule has 2 aromatic rings. The fourth-order valence-electron chi connectivity index (χ4n) is 3.88. The third-order valence-electron chi connectivity index (χ3n) is 5.48. The molecular formula is C21H31N5O3S. The maximum absolute atomic E-state index is 13.3. The molecule has 8 nitrogen and oxygen atoms in total. The van der Waals surface area contributed by atoms with Crippen LogP contribution in [-0.2, 0) is 10.0 Å². The summed E-state index contributed by atoms with van der Waals surface area (Å²) in [7, 11) is 0.196. The van der Waals surface area contributed by atoms with Gasteiger partial charge in [-0.2, -0.15) is 9.40 Å². The maximum atomic E-state index is 13.3. The molecule has 0 radical (unpaired) electrons. The topological polar surface area (TPSA) is 78.8 Å². The van der Waals surface area contributed by atoms with Gasteiger partial charge in [-0.25, -0.2) is 8.42 Å². The summed E-state index contributed by atoms with van der Waals surface area (Å²) in [5, 5.41) is 4.42. The Labute approximate surface area is 179 Å². The van der Waals surface area contributed by atoms with E-state index in [2.05, 4.69) is 5.10 Å². The Morgan fingerprint density at radius 2 is 1.73 bits per heavy atom. The molecule has 0 N–H and O–H groups in total. The smallest absolute Gasteiger partial charge is 0.254 e. The van der Waals surface area contributed by atoms with Crippen LogP contribution >= 0.6 is 0 Å². The van der Waals surface area contributed by atoms with Crippen molar-refractivity contribution in [1.29, 1.82) is 0 Å². The van der Waals surface area contributed by atoms with Gasteiger partial charge in [0.2, 0.25) is 10.0 Å². The molecule has 0 aliphatic carbocycles. The molecule has 1 aliphatic rings. The number of benzene rings is 1. The van der Waals surface area contributed by atoms with E-state index in [-0.39, 0.29) is 29.9 Å². The molecule has 0 atom stereocenters. The third-order valence-corrected chi connectivity index (χ3v) is 7.63. The van der Waals surface area contributed by atoms with Crippen molar-refractivity contribution in [3.05, 3.63) is 41.2 Å². The minimum Gasteiger partial charge on any atom is -0.378 e. The van der Waals surface area contributed by atoms with Crippen LogP contribution in [0.5, 0.6) is 0 Å². The Bertz CT molecular complexity index is 1030. The van der Waals surface area contributed by atoms with Crippen molar-refractivity contribution in [2.45, 2.75) is 38.6 Å². The van der Waals surface area contributed by atoms with Crippen molar-refractivity contribution in [3.8, 4) is 0 Å². The van der Waals surface area contributed by atoms with Crippen LogP contribution in [0.3, 0.4) is 0 Å². The fraction of sp³-hybridized carbons (Fsp3) is 0.524. The zero-order valence-corrected chi connectivity index (χ0v) is 19.4. The Balaban J connectivity index is 1.75. The van der Waals surface area contributed by atoms with Crippen molar-refractivity contribution >= 4 is 21.6 Å². The van der Waals surface area contributed by atoms with E-state index in [4.69, 9.17) is 0 Å². The van der Waals surface area contributed by atoms with E-state index in [0.717, 1.165) is 5.69 Å². The maximum Gasteiger partial charge on any atom is 0.254 e. The number of carbonyl (C=O) groups excluding carboxylic acids is 1. The van der Waals surface area contributed by atoms with Crippen LogP contribution in [0.25, 0.3) is 0 Å². The molecule has 0 bridgehead atoms. The standard InChI is InChI=1S/C21H31N5O3S/c1-15(2)26-17(4)20(16(3)22-26)30(28,29)25-12-10-24(11-13-25)21(27)18-8-7-9-19(14-18)23(5)6/h7-9,14-15H,10-13H2,1-6H3. The summed E-state index contributed by atoms with van der Waals surface area (Å²) in [5.74, 6) is -0.0734. The van der Waals surface area contributed by atoms with Crippen molar-refractivity contribution < 1.29 is 13.2 Å². The molecule has 30 heavy (non-hydrogen) atoms.